The normalized spacial score (nSPS) is 12.0. The Morgan fingerprint density at radius 2 is 1.76 bits per heavy atom. The predicted molar refractivity (Wildman–Crippen MR) is 82.4 cm³/mol. The third-order valence-corrected chi connectivity index (χ3v) is 5.21. The standard InChI is InChI=1S/C14H8F3NS3/c15-14(16,17)8-4-6-9(7-5-8)20-13-18-12-10(19)2-1-3-11(12)21-13/h1-7,19H. The number of hydrogen-bond acceptors (Lipinski definition) is 4. The van der Waals surface area contributed by atoms with E-state index in [1.807, 2.05) is 18.2 Å². The Morgan fingerprint density at radius 1 is 1.05 bits per heavy atom. The van der Waals surface area contributed by atoms with Crippen molar-refractivity contribution in [2.45, 2.75) is 20.3 Å². The number of alkyl halides is 3. The average molecular weight is 343 g/mol. The molecule has 0 aliphatic carbocycles. The number of thiol groups is 1. The van der Waals surface area contributed by atoms with Crippen molar-refractivity contribution in [3.8, 4) is 0 Å². The van der Waals surface area contributed by atoms with E-state index in [1.165, 1.54) is 35.2 Å². The number of benzene rings is 2. The summed E-state index contributed by atoms with van der Waals surface area (Å²) in [5.41, 5.74) is 0.175. The lowest BCUT2D eigenvalue weighted by Crippen LogP contribution is -2.03. The second-order valence-electron chi connectivity index (χ2n) is 4.23. The number of aromatic nitrogens is 1. The van der Waals surface area contributed by atoms with E-state index in [-0.39, 0.29) is 0 Å². The molecule has 1 aromatic heterocycles. The summed E-state index contributed by atoms with van der Waals surface area (Å²) in [5.74, 6) is 0. The van der Waals surface area contributed by atoms with Crippen LogP contribution >= 0.6 is 35.7 Å². The Balaban J connectivity index is 1.87. The number of rotatable bonds is 2. The summed E-state index contributed by atoms with van der Waals surface area (Å²) in [7, 11) is 0. The number of hydrogen-bond donors (Lipinski definition) is 1. The van der Waals surface area contributed by atoms with Crippen molar-refractivity contribution in [1.82, 2.24) is 4.98 Å². The highest BCUT2D eigenvalue weighted by molar-refractivity contribution is 8.01. The molecule has 0 aliphatic heterocycles. The zero-order valence-electron chi connectivity index (χ0n) is 10.4. The molecule has 0 unspecified atom stereocenters. The second-order valence-corrected chi connectivity index (χ2v) is 7.06. The van der Waals surface area contributed by atoms with Crippen molar-refractivity contribution in [2.75, 3.05) is 0 Å². The van der Waals surface area contributed by atoms with E-state index in [2.05, 4.69) is 17.6 Å². The van der Waals surface area contributed by atoms with Crippen LogP contribution in [0.15, 0.2) is 56.6 Å². The van der Waals surface area contributed by atoms with Gasteiger partial charge in [0.25, 0.3) is 0 Å². The lowest BCUT2D eigenvalue weighted by Gasteiger charge is -2.06. The quantitative estimate of drug-likeness (QED) is 0.595. The van der Waals surface area contributed by atoms with Gasteiger partial charge in [-0.25, -0.2) is 4.98 Å². The number of nitrogens with zero attached hydrogens (tertiary/aromatic N) is 1. The van der Waals surface area contributed by atoms with Crippen LogP contribution in [0.25, 0.3) is 10.2 Å². The van der Waals surface area contributed by atoms with Gasteiger partial charge >= 0.3 is 6.18 Å². The summed E-state index contributed by atoms with van der Waals surface area (Å²) in [4.78, 5) is 5.98. The van der Waals surface area contributed by atoms with Crippen LogP contribution < -0.4 is 0 Å². The fourth-order valence-electron chi connectivity index (χ4n) is 1.77. The van der Waals surface area contributed by atoms with E-state index in [0.29, 0.717) is 0 Å². The van der Waals surface area contributed by atoms with E-state index in [0.717, 1.165) is 36.5 Å². The van der Waals surface area contributed by atoms with E-state index >= 15 is 0 Å². The Bertz CT molecular complexity index is 778. The van der Waals surface area contributed by atoms with E-state index in [4.69, 9.17) is 0 Å². The molecule has 7 heteroatoms. The fourth-order valence-corrected chi connectivity index (χ4v) is 4.16. The van der Waals surface area contributed by atoms with Gasteiger partial charge in [-0.05, 0) is 36.4 Å². The van der Waals surface area contributed by atoms with E-state index < -0.39 is 11.7 Å². The molecule has 0 aliphatic rings. The molecule has 1 nitrogen and oxygen atoms in total. The maximum absolute atomic E-state index is 12.5. The molecule has 0 saturated heterocycles. The van der Waals surface area contributed by atoms with Gasteiger partial charge < -0.3 is 0 Å². The molecular formula is C14H8F3NS3. The van der Waals surface area contributed by atoms with Crippen LogP contribution in [0, 0.1) is 0 Å². The molecule has 0 spiro atoms. The molecule has 0 atom stereocenters. The third-order valence-electron chi connectivity index (χ3n) is 2.76. The van der Waals surface area contributed by atoms with Crippen molar-refractivity contribution in [3.05, 3.63) is 48.0 Å². The van der Waals surface area contributed by atoms with Crippen molar-refractivity contribution in [2.24, 2.45) is 0 Å². The highest BCUT2D eigenvalue weighted by Gasteiger charge is 2.29. The van der Waals surface area contributed by atoms with Gasteiger partial charge in [0.2, 0.25) is 0 Å². The third kappa shape index (κ3) is 3.20. The minimum absolute atomic E-state index is 0.645. The number of para-hydroxylation sites is 1. The summed E-state index contributed by atoms with van der Waals surface area (Å²) >= 11 is 7.19. The first-order valence-electron chi connectivity index (χ1n) is 5.87. The van der Waals surface area contributed by atoms with Gasteiger partial charge in [-0.3, -0.25) is 0 Å². The van der Waals surface area contributed by atoms with Gasteiger partial charge in [0, 0.05) is 9.79 Å². The zero-order chi connectivity index (χ0) is 15.0. The summed E-state index contributed by atoms with van der Waals surface area (Å²) in [6.07, 6.45) is -4.31. The number of fused-ring (bicyclic) bond motifs is 1. The Morgan fingerprint density at radius 3 is 2.38 bits per heavy atom. The molecule has 0 saturated carbocycles. The zero-order valence-corrected chi connectivity index (χ0v) is 12.9. The maximum Gasteiger partial charge on any atom is 0.416 e. The van der Waals surface area contributed by atoms with Crippen molar-refractivity contribution in [1.29, 1.82) is 0 Å². The van der Waals surface area contributed by atoms with Gasteiger partial charge in [0.1, 0.15) is 0 Å². The predicted octanol–water partition coefficient (Wildman–Crippen LogP) is 5.76. The lowest BCUT2D eigenvalue weighted by atomic mass is 10.2. The molecule has 2 aromatic carbocycles. The molecule has 21 heavy (non-hydrogen) atoms. The molecule has 3 rings (SSSR count). The Hall–Kier alpha value is -1.18. The molecule has 0 fully saturated rings. The molecule has 1 heterocycles. The average Bonchev–Trinajstić information content (AvgIpc) is 2.82. The lowest BCUT2D eigenvalue weighted by molar-refractivity contribution is -0.137. The molecule has 3 aromatic rings. The van der Waals surface area contributed by atoms with Crippen molar-refractivity contribution < 1.29 is 13.2 Å². The van der Waals surface area contributed by atoms with Crippen LogP contribution in [0.2, 0.25) is 0 Å². The number of thiazole rings is 1. The Labute approximate surface area is 132 Å². The van der Waals surface area contributed by atoms with Gasteiger partial charge in [-0.1, -0.05) is 17.8 Å². The fraction of sp³-hybridized carbons (Fsp3) is 0.0714. The van der Waals surface area contributed by atoms with Crippen molar-refractivity contribution >= 4 is 45.9 Å². The second kappa shape index (κ2) is 5.55. The molecule has 0 amide bonds. The molecule has 108 valence electrons. The van der Waals surface area contributed by atoms with Crippen LogP contribution in [0.3, 0.4) is 0 Å². The van der Waals surface area contributed by atoms with Crippen LogP contribution in [-0.2, 0) is 6.18 Å². The monoisotopic (exact) mass is 343 g/mol. The minimum Gasteiger partial charge on any atom is -0.228 e. The molecule has 0 bridgehead atoms. The van der Waals surface area contributed by atoms with Crippen LogP contribution in [0.5, 0.6) is 0 Å². The van der Waals surface area contributed by atoms with Crippen molar-refractivity contribution in [3.63, 3.8) is 0 Å². The highest BCUT2D eigenvalue weighted by Crippen LogP contribution is 2.37. The highest BCUT2D eigenvalue weighted by atomic mass is 32.2. The minimum atomic E-state index is -4.31. The van der Waals surface area contributed by atoms with E-state index in [1.54, 1.807) is 0 Å². The molecular weight excluding hydrogens is 335 g/mol. The summed E-state index contributed by atoms with van der Waals surface area (Å²) in [5, 5.41) is 0. The van der Waals surface area contributed by atoms with Crippen LogP contribution in [-0.4, -0.2) is 4.98 Å². The topological polar surface area (TPSA) is 12.9 Å². The van der Waals surface area contributed by atoms with Crippen LogP contribution in [0.4, 0.5) is 13.2 Å². The maximum atomic E-state index is 12.5. The van der Waals surface area contributed by atoms with Gasteiger partial charge in [0.15, 0.2) is 4.34 Å². The first-order chi connectivity index (χ1) is 9.93. The number of halogens is 3. The SMILES string of the molecule is FC(F)(F)c1ccc(Sc2nc3c(S)cccc3s2)cc1. The largest absolute Gasteiger partial charge is 0.416 e. The first-order valence-corrected chi connectivity index (χ1v) is 7.95. The molecule has 0 radical (unpaired) electrons. The van der Waals surface area contributed by atoms with Gasteiger partial charge in [-0.15, -0.1) is 24.0 Å². The van der Waals surface area contributed by atoms with Crippen LogP contribution in [0.1, 0.15) is 5.56 Å². The smallest absolute Gasteiger partial charge is 0.228 e. The summed E-state index contributed by atoms with van der Waals surface area (Å²) < 4.78 is 39.3. The van der Waals surface area contributed by atoms with E-state index in [9.17, 15) is 13.2 Å². The first kappa shape index (κ1) is 14.7. The van der Waals surface area contributed by atoms with Gasteiger partial charge in [-0.2, -0.15) is 13.2 Å². The summed E-state index contributed by atoms with van der Waals surface area (Å²) in [6, 6.07) is 10.8. The molecule has 0 N–H and O–H groups in total. The van der Waals surface area contributed by atoms with Gasteiger partial charge in [0.05, 0.1) is 15.8 Å². The Kier molecular flexibility index (Phi) is 3.90. The summed E-state index contributed by atoms with van der Waals surface area (Å²) in [6.45, 7) is 0.